The maximum Gasteiger partial charge on any atom is 0.338 e. The van der Waals surface area contributed by atoms with Crippen LogP contribution in [0.1, 0.15) is 12.5 Å². The Labute approximate surface area is 97.3 Å². The summed E-state index contributed by atoms with van der Waals surface area (Å²) in [6.45, 7) is 1.89. The Morgan fingerprint density at radius 2 is 2.00 bits per heavy atom. The third kappa shape index (κ3) is 3.45. The number of hydrogen-bond acceptors (Lipinski definition) is 1. The van der Waals surface area contributed by atoms with E-state index in [-0.39, 0.29) is 5.75 Å². The molecule has 0 unspecified atom stereocenters. The van der Waals surface area contributed by atoms with Crippen LogP contribution in [0.5, 0.6) is 11.5 Å². The van der Waals surface area contributed by atoms with Crippen LogP contribution in [0.4, 0.5) is 0 Å². The van der Waals surface area contributed by atoms with E-state index in [1.54, 1.807) is 0 Å². The number of alkyl halides is 3. The lowest BCUT2D eigenvalue weighted by Crippen LogP contribution is -2.13. The third-order valence-corrected chi connectivity index (χ3v) is 1.87. The normalized spacial score (nSPS) is 11.4. The molecular formula is C9H8Cl3O2. The molecule has 5 heteroatoms. The van der Waals surface area contributed by atoms with Crippen molar-refractivity contribution >= 4 is 34.8 Å². The standard InChI is InChI=1S/C9H8Cl3O2/c1-2-6-5-7(13)3-4-8(6)14-9(10,11)12/h3-5H,2H2,1H3. The predicted octanol–water partition coefficient (Wildman–Crippen LogP) is 4.10. The summed E-state index contributed by atoms with van der Waals surface area (Å²) in [4.78, 5) is 0. The highest BCUT2D eigenvalue weighted by Gasteiger charge is 2.23. The first kappa shape index (κ1) is 11.8. The SMILES string of the molecule is CCc1cc([O])ccc1OC(Cl)(Cl)Cl. The van der Waals surface area contributed by atoms with Crippen molar-refractivity contribution in [2.75, 3.05) is 0 Å². The molecule has 0 fully saturated rings. The maximum atomic E-state index is 11.0. The summed E-state index contributed by atoms with van der Waals surface area (Å²) in [5.74, 6) is 0.339. The molecule has 0 aliphatic carbocycles. The Kier molecular flexibility index (Phi) is 3.76. The summed E-state index contributed by atoms with van der Waals surface area (Å²) in [6, 6.07) is 4.33. The van der Waals surface area contributed by atoms with Crippen LogP contribution in [0, 0.1) is 0 Å². The van der Waals surface area contributed by atoms with Gasteiger partial charge in [0.2, 0.25) is 0 Å². The van der Waals surface area contributed by atoms with E-state index in [0.717, 1.165) is 5.56 Å². The molecule has 1 aromatic rings. The summed E-state index contributed by atoms with van der Waals surface area (Å²) < 4.78 is 3.24. The zero-order chi connectivity index (χ0) is 10.8. The van der Waals surface area contributed by atoms with Crippen molar-refractivity contribution in [2.45, 2.75) is 17.3 Å². The summed E-state index contributed by atoms with van der Waals surface area (Å²) >= 11 is 16.4. The average Bonchev–Trinajstić information content (AvgIpc) is 2.06. The first-order chi connectivity index (χ1) is 6.42. The van der Waals surface area contributed by atoms with Gasteiger partial charge in [-0.25, -0.2) is 0 Å². The Morgan fingerprint density at radius 1 is 1.36 bits per heavy atom. The van der Waals surface area contributed by atoms with Gasteiger partial charge in [-0.05, 0) is 65.0 Å². The lowest BCUT2D eigenvalue weighted by Gasteiger charge is -2.16. The fraction of sp³-hybridized carbons (Fsp3) is 0.333. The third-order valence-electron chi connectivity index (χ3n) is 1.64. The molecule has 0 spiro atoms. The molecule has 0 saturated heterocycles. The quantitative estimate of drug-likeness (QED) is 0.731. The summed E-state index contributed by atoms with van der Waals surface area (Å²) in [6.07, 6.45) is 0.645. The van der Waals surface area contributed by atoms with Gasteiger partial charge < -0.3 is 4.74 Å². The van der Waals surface area contributed by atoms with Crippen molar-refractivity contribution in [1.82, 2.24) is 0 Å². The molecule has 2 nitrogen and oxygen atoms in total. The van der Waals surface area contributed by atoms with E-state index in [9.17, 15) is 5.11 Å². The fourth-order valence-electron chi connectivity index (χ4n) is 1.06. The molecular weight excluding hydrogens is 246 g/mol. The minimum absolute atomic E-state index is 0.0847. The van der Waals surface area contributed by atoms with Crippen LogP contribution in [0.15, 0.2) is 18.2 Å². The second-order valence-electron chi connectivity index (χ2n) is 2.67. The molecule has 0 N–H and O–H groups in total. The number of aryl methyl sites for hydroxylation is 1. The van der Waals surface area contributed by atoms with Crippen molar-refractivity contribution in [1.29, 1.82) is 0 Å². The zero-order valence-electron chi connectivity index (χ0n) is 7.39. The number of ether oxygens (including phenoxy) is 1. The van der Waals surface area contributed by atoms with Gasteiger partial charge in [-0.1, -0.05) is 6.92 Å². The molecule has 0 heterocycles. The maximum absolute atomic E-state index is 11.0. The number of hydrogen-bond donors (Lipinski definition) is 0. The Balaban J connectivity index is 2.97. The monoisotopic (exact) mass is 253 g/mol. The second kappa shape index (κ2) is 4.47. The predicted molar refractivity (Wildman–Crippen MR) is 56.9 cm³/mol. The second-order valence-corrected chi connectivity index (χ2v) is 4.85. The summed E-state index contributed by atoms with van der Waals surface area (Å²) in [5.41, 5.74) is 0.726. The average molecular weight is 255 g/mol. The molecule has 0 aromatic heterocycles. The molecule has 0 aliphatic heterocycles. The van der Waals surface area contributed by atoms with Crippen molar-refractivity contribution in [3.8, 4) is 11.5 Å². The van der Waals surface area contributed by atoms with Crippen LogP contribution in [-0.4, -0.2) is 3.98 Å². The lowest BCUT2D eigenvalue weighted by atomic mass is 10.1. The van der Waals surface area contributed by atoms with Crippen LogP contribution >= 0.6 is 34.8 Å². The Bertz CT molecular complexity index is 320. The van der Waals surface area contributed by atoms with Crippen molar-refractivity contribution < 1.29 is 9.84 Å². The van der Waals surface area contributed by atoms with Gasteiger partial charge in [0, 0.05) is 0 Å². The van der Waals surface area contributed by atoms with Crippen LogP contribution in [0.25, 0.3) is 0 Å². The molecule has 1 rings (SSSR count). The smallest absolute Gasteiger partial charge is 0.338 e. The van der Waals surface area contributed by atoms with Crippen LogP contribution < -0.4 is 4.74 Å². The minimum atomic E-state index is -1.80. The van der Waals surface area contributed by atoms with Gasteiger partial charge in [-0.3, -0.25) is 5.11 Å². The molecule has 1 aromatic carbocycles. The molecule has 77 valence electrons. The minimum Gasteiger partial charge on any atom is -0.445 e. The highest BCUT2D eigenvalue weighted by Crippen LogP contribution is 2.33. The van der Waals surface area contributed by atoms with E-state index in [0.29, 0.717) is 12.2 Å². The van der Waals surface area contributed by atoms with Gasteiger partial charge in [0.05, 0.1) is 0 Å². The van der Waals surface area contributed by atoms with E-state index >= 15 is 0 Å². The van der Waals surface area contributed by atoms with Gasteiger partial charge in [0.25, 0.3) is 0 Å². The fourth-order valence-corrected chi connectivity index (χ4v) is 1.31. The van der Waals surface area contributed by atoms with E-state index in [4.69, 9.17) is 39.5 Å². The molecule has 0 aliphatic rings. The molecule has 14 heavy (non-hydrogen) atoms. The molecule has 0 bridgehead atoms. The van der Waals surface area contributed by atoms with Crippen molar-refractivity contribution in [2.24, 2.45) is 0 Å². The van der Waals surface area contributed by atoms with E-state index < -0.39 is 3.98 Å². The Morgan fingerprint density at radius 3 is 2.50 bits per heavy atom. The number of benzene rings is 1. The van der Waals surface area contributed by atoms with Gasteiger partial charge in [-0.15, -0.1) is 0 Å². The van der Waals surface area contributed by atoms with E-state index in [2.05, 4.69) is 0 Å². The lowest BCUT2D eigenvalue weighted by molar-refractivity contribution is 0.314. The zero-order valence-corrected chi connectivity index (χ0v) is 9.66. The highest BCUT2D eigenvalue weighted by molar-refractivity contribution is 6.66. The van der Waals surface area contributed by atoms with Crippen LogP contribution in [-0.2, 0) is 11.5 Å². The molecule has 0 atom stereocenters. The summed E-state index contributed by atoms with van der Waals surface area (Å²) in [5, 5.41) is 11.0. The van der Waals surface area contributed by atoms with Gasteiger partial charge in [0.1, 0.15) is 5.75 Å². The van der Waals surface area contributed by atoms with Gasteiger partial charge in [-0.2, -0.15) is 0 Å². The Hall–Kier alpha value is -0.310. The first-order valence-electron chi connectivity index (χ1n) is 3.98. The molecule has 0 saturated carbocycles. The topological polar surface area (TPSA) is 29.1 Å². The van der Waals surface area contributed by atoms with Crippen molar-refractivity contribution in [3.05, 3.63) is 23.8 Å². The first-order valence-corrected chi connectivity index (χ1v) is 5.11. The molecule has 0 amide bonds. The van der Waals surface area contributed by atoms with Gasteiger partial charge >= 0.3 is 3.98 Å². The van der Waals surface area contributed by atoms with E-state index in [1.165, 1.54) is 18.2 Å². The largest absolute Gasteiger partial charge is 0.445 e. The van der Waals surface area contributed by atoms with E-state index in [1.807, 2.05) is 6.92 Å². The van der Waals surface area contributed by atoms with Crippen LogP contribution in [0.2, 0.25) is 0 Å². The van der Waals surface area contributed by atoms with Crippen LogP contribution in [0.3, 0.4) is 0 Å². The van der Waals surface area contributed by atoms with Gasteiger partial charge in [0.15, 0.2) is 5.75 Å². The number of rotatable bonds is 2. The highest BCUT2D eigenvalue weighted by atomic mass is 35.6. The summed E-state index contributed by atoms with van der Waals surface area (Å²) in [7, 11) is 0. The van der Waals surface area contributed by atoms with Crippen molar-refractivity contribution in [3.63, 3.8) is 0 Å². The number of halogens is 3. The molecule has 1 radical (unpaired) electrons.